The highest BCUT2D eigenvalue weighted by atomic mass is 32.1. The van der Waals surface area contributed by atoms with Crippen molar-refractivity contribution in [2.24, 2.45) is 0 Å². The number of carbonyl (C=O) groups is 1. The van der Waals surface area contributed by atoms with Crippen LogP contribution < -0.4 is 10.6 Å². The molecule has 1 fully saturated rings. The van der Waals surface area contributed by atoms with E-state index in [1.54, 1.807) is 11.3 Å². The lowest BCUT2D eigenvalue weighted by Crippen LogP contribution is -2.34. The molecule has 1 aliphatic heterocycles. The molecule has 0 aromatic carbocycles. The van der Waals surface area contributed by atoms with E-state index in [-0.39, 0.29) is 11.9 Å². The van der Waals surface area contributed by atoms with Crippen LogP contribution in [-0.4, -0.2) is 59.5 Å². The van der Waals surface area contributed by atoms with Crippen LogP contribution >= 0.6 is 11.3 Å². The summed E-state index contributed by atoms with van der Waals surface area (Å²) in [5.74, 6) is -0.152. The zero-order valence-electron chi connectivity index (χ0n) is 15.0. The van der Waals surface area contributed by atoms with E-state index < -0.39 is 0 Å². The highest BCUT2D eigenvalue weighted by Crippen LogP contribution is 2.23. The summed E-state index contributed by atoms with van der Waals surface area (Å²) in [5, 5.41) is 16.8. The molecule has 2 aromatic rings. The number of hydrogen-bond acceptors (Lipinski definition) is 6. The van der Waals surface area contributed by atoms with Gasteiger partial charge in [-0.25, -0.2) is 4.68 Å². The molecule has 0 spiro atoms. The fourth-order valence-corrected chi connectivity index (χ4v) is 4.16. The number of carbonyl (C=O) groups excluding carboxylic acids is 1. The number of aromatic nitrogens is 3. The van der Waals surface area contributed by atoms with Crippen molar-refractivity contribution in [2.75, 3.05) is 33.7 Å². The molecule has 2 aromatic heterocycles. The van der Waals surface area contributed by atoms with E-state index >= 15 is 0 Å². The van der Waals surface area contributed by atoms with Gasteiger partial charge in [0.1, 0.15) is 0 Å². The fraction of sp³-hybridized carbons (Fsp3) is 0.588. The summed E-state index contributed by atoms with van der Waals surface area (Å²) in [5.41, 5.74) is 1.28. The first kappa shape index (κ1) is 18.0. The maximum absolute atomic E-state index is 12.6. The van der Waals surface area contributed by atoms with Crippen LogP contribution in [0, 0.1) is 6.92 Å². The van der Waals surface area contributed by atoms with Gasteiger partial charge in [-0.15, -0.1) is 16.4 Å². The topological polar surface area (TPSA) is 75.1 Å². The SMILES string of the molecule is Cc1c(C(=O)NCC(c2cccs2)N(C)C)nnn1C1CCNCC1. The second kappa shape index (κ2) is 8.07. The van der Waals surface area contributed by atoms with E-state index in [4.69, 9.17) is 0 Å². The van der Waals surface area contributed by atoms with Gasteiger partial charge in [-0.2, -0.15) is 0 Å². The third-order valence-corrected chi connectivity index (χ3v) is 5.72. The van der Waals surface area contributed by atoms with Crippen molar-refractivity contribution in [2.45, 2.75) is 31.8 Å². The van der Waals surface area contributed by atoms with E-state index in [0.717, 1.165) is 31.6 Å². The number of amides is 1. The number of thiophene rings is 1. The summed E-state index contributed by atoms with van der Waals surface area (Å²) in [6.45, 7) is 4.44. The molecule has 1 aliphatic rings. The van der Waals surface area contributed by atoms with Gasteiger partial charge in [0, 0.05) is 11.4 Å². The van der Waals surface area contributed by atoms with Gasteiger partial charge >= 0.3 is 0 Å². The smallest absolute Gasteiger partial charge is 0.273 e. The minimum absolute atomic E-state index is 0.152. The van der Waals surface area contributed by atoms with Gasteiger partial charge in [0.25, 0.3) is 5.91 Å². The molecule has 8 heteroatoms. The molecule has 1 amide bonds. The maximum Gasteiger partial charge on any atom is 0.273 e. The Kier molecular flexibility index (Phi) is 5.82. The fourth-order valence-electron chi connectivity index (χ4n) is 3.24. The minimum Gasteiger partial charge on any atom is -0.349 e. The van der Waals surface area contributed by atoms with Crippen LogP contribution in [0.3, 0.4) is 0 Å². The Labute approximate surface area is 152 Å². The molecular formula is C17H26N6OS. The van der Waals surface area contributed by atoms with Gasteiger partial charge in [0.2, 0.25) is 0 Å². The van der Waals surface area contributed by atoms with Crippen molar-refractivity contribution in [1.29, 1.82) is 0 Å². The Morgan fingerprint density at radius 2 is 2.24 bits per heavy atom. The third kappa shape index (κ3) is 4.08. The van der Waals surface area contributed by atoms with Crippen LogP contribution in [-0.2, 0) is 0 Å². The molecule has 0 saturated carbocycles. The summed E-state index contributed by atoms with van der Waals surface area (Å²) >= 11 is 1.70. The molecule has 136 valence electrons. The summed E-state index contributed by atoms with van der Waals surface area (Å²) in [4.78, 5) is 16.0. The van der Waals surface area contributed by atoms with E-state index in [2.05, 4.69) is 37.3 Å². The minimum atomic E-state index is -0.152. The molecule has 1 saturated heterocycles. The van der Waals surface area contributed by atoms with Crippen LogP contribution in [0.4, 0.5) is 0 Å². The number of piperidine rings is 1. The number of likely N-dealkylation sites (N-methyl/N-ethyl adjacent to an activating group) is 1. The average molecular weight is 363 g/mol. The molecule has 0 bridgehead atoms. The Balaban J connectivity index is 1.66. The largest absolute Gasteiger partial charge is 0.349 e. The van der Waals surface area contributed by atoms with E-state index in [1.165, 1.54) is 4.88 Å². The normalized spacial score (nSPS) is 17.0. The zero-order valence-corrected chi connectivity index (χ0v) is 15.8. The standard InChI is InChI=1S/C17H26N6OS/c1-12-16(20-21-23(12)13-6-8-18-9-7-13)17(24)19-11-14(22(2)3)15-5-4-10-25-15/h4-5,10,13-14,18H,6-9,11H2,1-3H3,(H,19,24). The first-order valence-corrected chi connectivity index (χ1v) is 9.56. The highest BCUT2D eigenvalue weighted by molar-refractivity contribution is 7.10. The van der Waals surface area contributed by atoms with Crippen LogP contribution in [0.2, 0.25) is 0 Å². The molecule has 1 unspecified atom stereocenters. The van der Waals surface area contributed by atoms with E-state index in [0.29, 0.717) is 18.3 Å². The van der Waals surface area contributed by atoms with Crippen LogP contribution in [0.15, 0.2) is 17.5 Å². The third-order valence-electron chi connectivity index (χ3n) is 4.75. The second-order valence-corrected chi connectivity index (χ2v) is 7.63. The summed E-state index contributed by atoms with van der Waals surface area (Å²) in [6, 6.07) is 4.62. The zero-order chi connectivity index (χ0) is 17.8. The molecule has 1 atom stereocenters. The van der Waals surface area contributed by atoms with Crippen molar-refractivity contribution in [3.8, 4) is 0 Å². The molecule has 0 aliphatic carbocycles. The van der Waals surface area contributed by atoms with Gasteiger partial charge in [0.05, 0.1) is 17.8 Å². The number of nitrogens with zero attached hydrogens (tertiary/aromatic N) is 4. The van der Waals surface area contributed by atoms with E-state index in [9.17, 15) is 4.79 Å². The lowest BCUT2D eigenvalue weighted by atomic mass is 10.1. The first-order valence-electron chi connectivity index (χ1n) is 8.68. The van der Waals surface area contributed by atoms with Crippen LogP contribution in [0.1, 0.15) is 46.0 Å². The van der Waals surface area contributed by atoms with Crippen LogP contribution in [0.5, 0.6) is 0 Å². The van der Waals surface area contributed by atoms with Gasteiger partial charge < -0.3 is 15.5 Å². The Bertz CT molecular complexity index is 690. The molecule has 0 radical (unpaired) electrons. The first-order chi connectivity index (χ1) is 12.1. The summed E-state index contributed by atoms with van der Waals surface area (Å²) in [6.07, 6.45) is 2.04. The number of rotatable bonds is 6. The maximum atomic E-state index is 12.6. The average Bonchev–Trinajstić information content (AvgIpc) is 3.25. The molecule has 3 heterocycles. The Morgan fingerprint density at radius 1 is 1.48 bits per heavy atom. The van der Waals surface area contributed by atoms with Gasteiger partial charge in [-0.05, 0) is 58.4 Å². The summed E-state index contributed by atoms with van der Waals surface area (Å²) < 4.78 is 1.92. The van der Waals surface area contributed by atoms with Gasteiger partial charge in [-0.1, -0.05) is 11.3 Å². The Hall–Kier alpha value is -1.77. The van der Waals surface area contributed by atoms with Crippen molar-refractivity contribution in [1.82, 2.24) is 30.5 Å². The number of nitrogens with one attached hydrogen (secondary N) is 2. The van der Waals surface area contributed by atoms with Crippen molar-refractivity contribution in [3.05, 3.63) is 33.8 Å². The lowest BCUT2D eigenvalue weighted by molar-refractivity contribution is 0.0936. The molecule has 2 N–H and O–H groups in total. The predicted octanol–water partition coefficient (Wildman–Crippen LogP) is 1.61. The van der Waals surface area contributed by atoms with Gasteiger partial charge in [-0.3, -0.25) is 4.79 Å². The monoisotopic (exact) mass is 362 g/mol. The number of hydrogen-bond donors (Lipinski definition) is 2. The lowest BCUT2D eigenvalue weighted by Gasteiger charge is -2.24. The molecule has 7 nitrogen and oxygen atoms in total. The molecular weight excluding hydrogens is 336 g/mol. The quantitative estimate of drug-likeness (QED) is 0.816. The second-order valence-electron chi connectivity index (χ2n) is 6.65. The molecule has 3 rings (SSSR count). The predicted molar refractivity (Wildman–Crippen MR) is 99.0 cm³/mol. The molecule has 25 heavy (non-hydrogen) atoms. The van der Waals surface area contributed by atoms with Crippen molar-refractivity contribution >= 4 is 17.2 Å². The van der Waals surface area contributed by atoms with Crippen LogP contribution in [0.25, 0.3) is 0 Å². The summed E-state index contributed by atoms with van der Waals surface area (Å²) in [7, 11) is 4.05. The van der Waals surface area contributed by atoms with Crippen molar-refractivity contribution < 1.29 is 4.79 Å². The van der Waals surface area contributed by atoms with Crippen molar-refractivity contribution in [3.63, 3.8) is 0 Å². The van der Waals surface area contributed by atoms with Gasteiger partial charge in [0.15, 0.2) is 5.69 Å². The highest BCUT2D eigenvalue weighted by Gasteiger charge is 2.24. The Morgan fingerprint density at radius 3 is 2.88 bits per heavy atom. The van der Waals surface area contributed by atoms with E-state index in [1.807, 2.05) is 31.8 Å².